The van der Waals surface area contributed by atoms with Crippen molar-refractivity contribution in [1.82, 2.24) is 9.80 Å². The Morgan fingerprint density at radius 3 is 2.37 bits per heavy atom. The van der Waals surface area contributed by atoms with E-state index < -0.39 is 17.7 Å². The Bertz CT molecular complexity index is 1120. The molecule has 7 heteroatoms. The minimum absolute atomic E-state index is 0.00861. The lowest BCUT2D eigenvalue weighted by molar-refractivity contribution is -0.140. The zero-order valence-electron chi connectivity index (χ0n) is 21.1. The van der Waals surface area contributed by atoms with Crippen LogP contribution in [0.15, 0.2) is 60.7 Å². The summed E-state index contributed by atoms with van der Waals surface area (Å²) in [6, 6.07) is 11.8. The van der Waals surface area contributed by atoms with Crippen molar-refractivity contribution < 1.29 is 24.2 Å². The maximum absolute atomic E-state index is 13.2. The number of likely N-dealkylation sites (N-methyl/N-ethyl adjacent to an activating group) is 1. The fourth-order valence-corrected chi connectivity index (χ4v) is 4.06. The minimum atomic E-state index is -0.714. The molecule has 0 aliphatic carbocycles. The van der Waals surface area contributed by atoms with Crippen molar-refractivity contribution in [2.75, 3.05) is 33.8 Å². The average molecular weight is 479 g/mol. The number of carbonyl (C=O) groups excluding carboxylic acids is 2. The molecule has 0 spiro atoms. The Hall–Kier alpha value is -3.58. The van der Waals surface area contributed by atoms with E-state index in [1.807, 2.05) is 58.0 Å². The van der Waals surface area contributed by atoms with Gasteiger partial charge in [0.05, 0.1) is 17.7 Å². The molecule has 2 aromatic carbocycles. The van der Waals surface area contributed by atoms with Gasteiger partial charge >= 0.3 is 0 Å². The molecule has 186 valence electrons. The molecular formula is C28H34N2O5. The molecule has 7 nitrogen and oxygen atoms in total. The molecule has 1 fully saturated rings. The third-order valence-corrected chi connectivity index (χ3v) is 5.72. The van der Waals surface area contributed by atoms with Crippen molar-refractivity contribution in [2.24, 2.45) is 0 Å². The fraction of sp³-hybridized carbons (Fsp3) is 0.357. The van der Waals surface area contributed by atoms with Crippen molar-refractivity contribution in [3.63, 3.8) is 0 Å². The first-order valence-electron chi connectivity index (χ1n) is 11.7. The second kappa shape index (κ2) is 11.2. The van der Waals surface area contributed by atoms with Crippen molar-refractivity contribution in [1.29, 1.82) is 0 Å². The number of likely N-dealkylation sites (tertiary alicyclic amines) is 1. The number of amides is 1. The van der Waals surface area contributed by atoms with E-state index in [9.17, 15) is 14.7 Å². The van der Waals surface area contributed by atoms with Gasteiger partial charge in [-0.05, 0) is 76.3 Å². The third kappa shape index (κ3) is 5.92. The van der Waals surface area contributed by atoms with Crippen LogP contribution in [0.2, 0.25) is 0 Å². The van der Waals surface area contributed by atoms with Gasteiger partial charge in [-0.2, -0.15) is 0 Å². The summed E-state index contributed by atoms with van der Waals surface area (Å²) in [4.78, 5) is 29.8. The van der Waals surface area contributed by atoms with Crippen LogP contribution >= 0.6 is 0 Å². The van der Waals surface area contributed by atoms with Crippen LogP contribution in [-0.4, -0.2) is 66.5 Å². The van der Waals surface area contributed by atoms with E-state index in [4.69, 9.17) is 9.47 Å². The van der Waals surface area contributed by atoms with E-state index in [2.05, 4.69) is 6.58 Å². The highest BCUT2D eigenvalue weighted by Gasteiger charge is 2.46. The number of aryl methyl sites for hydroxylation is 1. The van der Waals surface area contributed by atoms with Crippen molar-refractivity contribution >= 4 is 17.4 Å². The normalized spacial score (nSPS) is 17.3. The van der Waals surface area contributed by atoms with Crippen molar-refractivity contribution in [2.45, 2.75) is 32.9 Å². The first-order chi connectivity index (χ1) is 16.6. The van der Waals surface area contributed by atoms with Gasteiger partial charge in [0.1, 0.15) is 23.9 Å². The quantitative estimate of drug-likeness (QED) is 0.237. The summed E-state index contributed by atoms with van der Waals surface area (Å²) >= 11 is 0. The summed E-state index contributed by atoms with van der Waals surface area (Å²) in [6.45, 7) is 10.6. The lowest BCUT2D eigenvalue weighted by Crippen LogP contribution is -2.35. The summed E-state index contributed by atoms with van der Waals surface area (Å²) in [6.07, 6.45) is 1.67. The predicted octanol–water partition coefficient (Wildman–Crippen LogP) is 4.33. The lowest BCUT2D eigenvalue weighted by atomic mass is 9.94. The molecule has 3 rings (SSSR count). The van der Waals surface area contributed by atoms with Crippen molar-refractivity contribution in [3.05, 3.63) is 77.4 Å². The molecule has 1 N–H and O–H groups in total. The molecule has 1 amide bonds. The number of aliphatic hydroxyl groups is 1. The number of hydrogen-bond acceptors (Lipinski definition) is 6. The van der Waals surface area contributed by atoms with Crippen LogP contribution in [0, 0.1) is 6.92 Å². The number of hydrogen-bond donors (Lipinski definition) is 1. The number of carbonyl (C=O) groups is 2. The van der Waals surface area contributed by atoms with Crippen LogP contribution in [-0.2, 0) is 9.59 Å². The molecule has 1 saturated heterocycles. The van der Waals surface area contributed by atoms with E-state index in [-0.39, 0.29) is 17.4 Å². The van der Waals surface area contributed by atoms with Gasteiger partial charge in [-0.3, -0.25) is 9.59 Å². The average Bonchev–Trinajstić information content (AvgIpc) is 3.06. The number of rotatable bonds is 10. The highest BCUT2D eigenvalue weighted by Crippen LogP contribution is 2.40. The molecule has 1 heterocycles. The Labute approximate surface area is 207 Å². The molecular weight excluding hydrogens is 444 g/mol. The Balaban J connectivity index is 2.09. The third-order valence-electron chi connectivity index (χ3n) is 5.72. The Morgan fingerprint density at radius 1 is 1.14 bits per heavy atom. The van der Waals surface area contributed by atoms with Crippen LogP contribution in [0.1, 0.15) is 36.6 Å². The van der Waals surface area contributed by atoms with E-state index in [1.54, 1.807) is 30.3 Å². The van der Waals surface area contributed by atoms with E-state index in [0.717, 1.165) is 5.56 Å². The van der Waals surface area contributed by atoms with Gasteiger partial charge in [0, 0.05) is 18.7 Å². The highest BCUT2D eigenvalue weighted by molar-refractivity contribution is 6.46. The maximum atomic E-state index is 13.2. The monoisotopic (exact) mass is 478 g/mol. The summed E-state index contributed by atoms with van der Waals surface area (Å²) in [5, 5.41) is 11.4. The molecule has 2 aromatic rings. The van der Waals surface area contributed by atoms with Gasteiger partial charge in [0.2, 0.25) is 0 Å². The largest absolute Gasteiger partial charge is 0.507 e. The van der Waals surface area contributed by atoms with Gasteiger partial charge in [-0.25, -0.2) is 0 Å². The van der Waals surface area contributed by atoms with Crippen LogP contribution in [0.25, 0.3) is 5.76 Å². The fourth-order valence-electron chi connectivity index (χ4n) is 4.06. The number of nitrogens with zero attached hydrogens (tertiary/aromatic N) is 2. The van der Waals surface area contributed by atoms with Gasteiger partial charge in [-0.15, -0.1) is 0 Å². The molecule has 1 atom stereocenters. The Morgan fingerprint density at radius 2 is 1.80 bits per heavy atom. The lowest BCUT2D eigenvalue weighted by Gasteiger charge is -2.27. The minimum Gasteiger partial charge on any atom is -0.507 e. The van der Waals surface area contributed by atoms with Gasteiger partial charge in [0.15, 0.2) is 0 Å². The van der Waals surface area contributed by atoms with Crippen LogP contribution in [0.4, 0.5) is 0 Å². The predicted molar refractivity (Wildman–Crippen MR) is 137 cm³/mol. The first kappa shape index (κ1) is 26.0. The second-order valence-corrected chi connectivity index (χ2v) is 9.11. The SMILES string of the molecule is C=CCOc1ccc(C2C(=C(O)c3ccc(OC(C)C)cc3C)C(=O)C(=O)N2CCN(C)C)cc1. The van der Waals surface area contributed by atoms with Crippen LogP contribution < -0.4 is 9.47 Å². The zero-order valence-corrected chi connectivity index (χ0v) is 21.1. The number of ketones is 1. The smallest absolute Gasteiger partial charge is 0.295 e. The summed E-state index contributed by atoms with van der Waals surface area (Å²) in [5.74, 6) is -0.188. The summed E-state index contributed by atoms with van der Waals surface area (Å²) in [7, 11) is 3.81. The molecule has 0 radical (unpaired) electrons. The van der Waals surface area contributed by atoms with Crippen LogP contribution in [0.3, 0.4) is 0 Å². The molecule has 35 heavy (non-hydrogen) atoms. The number of aliphatic hydroxyl groups excluding tert-OH is 1. The van der Waals surface area contributed by atoms with E-state index in [1.165, 1.54) is 4.90 Å². The maximum Gasteiger partial charge on any atom is 0.295 e. The van der Waals surface area contributed by atoms with E-state index in [0.29, 0.717) is 42.3 Å². The van der Waals surface area contributed by atoms with Gasteiger partial charge in [-0.1, -0.05) is 24.8 Å². The molecule has 1 aliphatic rings. The van der Waals surface area contributed by atoms with Gasteiger partial charge in [0.25, 0.3) is 11.7 Å². The number of benzene rings is 2. The Kier molecular flexibility index (Phi) is 8.35. The highest BCUT2D eigenvalue weighted by atomic mass is 16.5. The van der Waals surface area contributed by atoms with Gasteiger partial charge < -0.3 is 24.4 Å². The first-order valence-corrected chi connectivity index (χ1v) is 11.7. The van der Waals surface area contributed by atoms with Crippen molar-refractivity contribution in [3.8, 4) is 11.5 Å². The standard InChI is InChI=1S/C28H34N2O5/c1-7-16-34-21-10-8-20(9-11-21)25-24(27(32)28(33)30(25)15-14-29(5)6)26(31)23-13-12-22(17-19(23)4)35-18(2)3/h7-13,17-18,25,31H,1,14-16H2,2-6H3. The molecule has 1 aliphatic heterocycles. The summed E-state index contributed by atoms with van der Waals surface area (Å²) < 4.78 is 11.3. The number of ether oxygens (including phenoxy) is 2. The molecule has 0 bridgehead atoms. The molecule has 0 saturated carbocycles. The number of Topliss-reactive ketones (excluding diaryl/α,β-unsaturated/α-hetero) is 1. The topological polar surface area (TPSA) is 79.3 Å². The molecule has 0 aromatic heterocycles. The van der Waals surface area contributed by atoms with Crippen LogP contribution in [0.5, 0.6) is 11.5 Å². The van der Waals surface area contributed by atoms with E-state index >= 15 is 0 Å². The second-order valence-electron chi connectivity index (χ2n) is 9.11. The zero-order chi connectivity index (χ0) is 25.7. The molecule has 1 unspecified atom stereocenters. The summed E-state index contributed by atoms with van der Waals surface area (Å²) in [5.41, 5.74) is 2.02.